The molecule has 1 aromatic carbocycles. The first kappa shape index (κ1) is 14.4. The fourth-order valence-corrected chi connectivity index (χ4v) is 2.04. The van der Waals surface area contributed by atoms with Crippen molar-refractivity contribution >= 4 is 0 Å². The molecule has 0 unspecified atom stereocenters. The van der Waals surface area contributed by atoms with Crippen molar-refractivity contribution in [1.82, 2.24) is 9.55 Å². The van der Waals surface area contributed by atoms with Crippen LogP contribution in [0.2, 0.25) is 0 Å². The van der Waals surface area contributed by atoms with Crippen LogP contribution < -0.4 is 15.2 Å². The zero-order chi connectivity index (χ0) is 14.5. The third-order valence-corrected chi connectivity index (χ3v) is 3.17. The third kappa shape index (κ3) is 3.11. The summed E-state index contributed by atoms with van der Waals surface area (Å²) in [6.07, 6.45) is 3.65. The van der Waals surface area contributed by atoms with E-state index >= 15 is 0 Å². The Morgan fingerprint density at radius 3 is 2.80 bits per heavy atom. The summed E-state index contributed by atoms with van der Waals surface area (Å²) in [5.74, 6) is 1.56. The molecule has 0 aliphatic heterocycles. The quantitative estimate of drug-likeness (QED) is 0.880. The van der Waals surface area contributed by atoms with E-state index in [0.717, 1.165) is 22.8 Å². The maximum Gasteiger partial charge on any atom is 0.130 e. The number of hydrogen-bond donors (Lipinski definition) is 1. The molecule has 2 aromatic rings. The molecule has 0 fully saturated rings. The molecule has 2 rings (SSSR count). The van der Waals surface area contributed by atoms with Gasteiger partial charge in [0.2, 0.25) is 0 Å². The van der Waals surface area contributed by atoms with Gasteiger partial charge in [-0.25, -0.2) is 4.98 Å². The van der Waals surface area contributed by atoms with Crippen LogP contribution in [0, 0.1) is 0 Å². The number of rotatable bonds is 6. The molecule has 0 saturated heterocycles. The summed E-state index contributed by atoms with van der Waals surface area (Å²) in [5.41, 5.74) is 7.72. The predicted octanol–water partition coefficient (Wildman–Crippen LogP) is 2.51. The molecule has 0 radical (unpaired) electrons. The van der Waals surface area contributed by atoms with Gasteiger partial charge >= 0.3 is 0 Å². The minimum absolute atomic E-state index is 0.362. The zero-order valence-corrected chi connectivity index (χ0v) is 12.2. The van der Waals surface area contributed by atoms with Crippen LogP contribution in [0.3, 0.4) is 0 Å². The van der Waals surface area contributed by atoms with Crippen LogP contribution in [-0.4, -0.2) is 16.7 Å². The van der Waals surface area contributed by atoms with E-state index in [1.807, 2.05) is 30.7 Å². The average Bonchev–Trinajstić information content (AvgIpc) is 2.93. The summed E-state index contributed by atoms with van der Waals surface area (Å²) in [4.78, 5) is 4.16. The molecule has 0 spiro atoms. The molecule has 2 N–H and O–H groups in total. The lowest BCUT2D eigenvalue weighted by Gasteiger charge is -2.14. The van der Waals surface area contributed by atoms with Gasteiger partial charge in [-0.15, -0.1) is 0 Å². The summed E-state index contributed by atoms with van der Waals surface area (Å²) in [6.45, 7) is 5.11. The summed E-state index contributed by atoms with van der Waals surface area (Å²) in [5, 5.41) is 0. The SMILES string of the molecule is COc1ccc(OCc2cncn2C(C)C)c(CN)c1. The number of hydrogen-bond acceptors (Lipinski definition) is 4. The smallest absolute Gasteiger partial charge is 0.130 e. The van der Waals surface area contributed by atoms with E-state index in [9.17, 15) is 0 Å². The molecular formula is C15H21N3O2. The van der Waals surface area contributed by atoms with Crippen molar-refractivity contribution < 1.29 is 9.47 Å². The first-order valence-corrected chi connectivity index (χ1v) is 6.66. The molecule has 0 atom stereocenters. The second kappa shape index (κ2) is 6.43. The number of methoxy groups -OCH3 is 1. The molecule has 1 heterocycles. The highest BCUT2D eigenvalue weighted by Crippen LogP contribution is 2.24. The molecule has 0 aliphatic carbocycles. The van der Waals surface area contributed by atoms with Gasteiger partial charge < -0.3 is 19.8 Å². The Balaban J connectivity index is 2.12. The van der Waals surface area contributed by atoms with Gasteiger partial charge in [0.05, 0.1) is 25.3 Å². The van der Waals surface area contributed by atoms with Gasteiger partial charge in [-0.2, -0.15) is 0 Å². The van der Waals surface area contributed by atoms with E-state index in [0.29, 0.717) is 19.2 Å². The van der Waals surface area contributed by atoms with Gasteiger partial charge in [0.1, 0.15) is 18.1 Å². The number of imidazole rings is 1. The van der Waals surface area contributed by atoms with Crippen molar-refractivity contribution in [2.24, 2.45) is 5.73 Å². The Bertz CT molecular complexity index is 564. The van der Waals surface area contributed by atoms with E-state index in [2.05, 4.69) is 23.4 Å². The fourth-order valence-electron chi connectivity index (χ4n) is 2.04. The Labute approximate surface area is 119 Å². The van der Waals surface area contributed by atoms with Gasteiger partial charge in [-0.1, -0.05) is 0 Å². The van der Waals surface area contributed by atoms with Crippen molar-refractivity contribution in [3.8, 4) is 11.5 Å². The maximum absolute atomic E-state index is 5.87. The Kier molecular flexibility index (Phi) is 4.63. The van der Waals surface area contributed by atoms with Crippen LogP contribution in [0.4, 0.5) is 0 Å². The second-order valence-electron chi connectivity index (χ2n) is 4.85. The van der Waals surface area contributed by atoms with E-state index in [4.69, 9.17) is 15.2 Å². The number of nitrogens with zero attached hydrogens (tertiary/aromatic N) is 2. The van der Waals surface area contributed by atoms with E-state index in [1.165, 1.54) is 0 Å². The second-order valence-corrected chi connectivity index (χ2v) is 4.85. The number of ether oxygens (including phenoxy) is 2. The summed E-state index contributed by atoms with van der Waals surface area (Å²) in [6, 6.07) is 6.02. The van der Waals surface area contributed by atoms with Gasteiger partial charge in [0, 0.05) is 18.2 Å². The van der Waals surface area contributed by atoms with Crippen LogP contribution in [0.5, 0.6) is 11.5 Å². The van der Waals surface area contributed by atoms with Crippen molar-refractivity contribution in [3.05, 3.63) is 42.0 Å². The highest BCUT2D eigenvalue weighted by molar-refractivity contribution is 5.40. The predicted molar refractivity (Wildman–Crippen MR) is 77.8 cm³/mol. The highest BCUT2D eigenvalue weighted by atomic mass is 16.5. The van der Waals surface area contributed by atoms with E-state index in [-0.39, 0.29) is 0 Å². The Morgan fingerprint density at radius 1 is 1.35 bits per heavy atom. The zero-order valence-electron chi connectivity index (χ0n) is 12.2. The van der Waals surface area contributed by atoms with Gasteiger partial charge in [0.15, 0.2) is 0 Å². The number of nitrogens with two attached hydrogens (primary N) is 1. The van der Waals surface area contributed by atoms with Gasteiger partial charge in [-0.05, 0) is 32.0 Å². The molecule has 0 saturated carbocycles. The highest BCUT2D eigenvalue weighted by Gasteiger charge is 2.08. The fraction of sp³-hybridized carbons (Fsp3) is 0.400. The standard InChI is InChI=1S/C15H21N3O2/c1-11(2)18-10-17-8-13(18)9-20-15-5-4-14(19-3)6-12(15)7-16/h4-6,8,10-11H,7,9,16H2,1-3H3. The van der Waals surface area contributed by atoms with Gasteiger partial charge in [-0.3, -0.25) is 0 Å². The molecule has 0 amide bonds. The van der Waals surface area contributed by atoms with E-state index < -0.39 is 0 Å². The van der Waals surface area contributed by atoms with E-state index in [1.54, 1.807) is 7.11 Å². The van der Waals surface area contributed by atoms with Crippen molar-refractivity contribution in [1.29, 1.82) is 0 Å². The maximum atomic E-state index is 5.87. The van der Waals surface area contributed by atoms with Crippen LogP contribution in [0.1, 0.15) is 31.1 Å². The monoisotopic (exact) mass is 275 g/mol. The van der Waals surface area contributed by atoms with Crippen LogP contribution in [0.15, 0.2) is 30.7 Å². The third-order valence-electron chi connectivity index (χ3n) is 3.17. The molecule has 0 bridgehead atoms. The van der Waals surface area contributed by atoms with Crippen molar-refractivity contribution in [2.75, 3.05) is 7.11 Å². The van der Waals surface area contributed by atoms with Crippen molar-refractivity contribution in [2.45, 2.75) is 33.0 Å². The van der Waals surface area contributed by atoms with Gasteiger partial charge in [0.25, 0.3) is 0 Å². The summed E-state index contributed by atoms with van der Waals surface area (Å²) >= 11 is 0. The minimum Gasteiger partial charge on any atom is -0.497 e. The lowest BCUT2D eigenvalue weighted by atomic mass is 10.2. The first-order chi connectivity index (χ1) is 9.65. The Morgan fingerprint density at radius 2 is 2.15 bits per heavy atom. The van der Waals surface area contributed by atoms with Crippen LogP contribution in [0.25, 0.3) is 0 Å². The molecular weight excluding hydrogens is 254 g/mol. The molecule has 108 valence electrons. The number of aromatic nitrogens is 2. The lowest BCUT2D eigenvalue weighted by molar-refractivity contribution is 0.288. The van der Waals surface area contributed by atoms with Crippen LogP contribution in [-0.2, 0) is 13.2 Å². The molecule has 0 aliphatic rings. The molecule has 1 aromatic heterocycles. The minimum atomic E-state index is 0.362. The average molecular weight is 275 g/mol. The van der Waals surface area contributed by atoms with Crippen LogP contribution >= 0.6 is 0 Å². The Hall–Kier alpha value is -2.01. The normalized spacial score (nSPS) is 10.8. The number of benzene rings is 1. The topological polar surface area (TPSA) is 62.3 Å². The molecule has 5 heteroatoms. The molecule has 5 nitrogen and oxygen atoms in total. The largest absolute Gasteiger partial charge is 0.497 e. The summed E-state index contributed by atoms with van der Waals surface area (Å²) < 4.78 is 13.1. The lowest BCUT2D eigenvalue weighted by Crippen LogP contribution is -2.08. The van der Waals surface area contributed by atoms with Crippen molar-refractivity contribution in [3.63, 3.8) is 0 Å². The molecule has 20 heavy (non-hydrogen) atoms. The summed E-state index contributed by atoms with van der Waals surface area (Å²) in [7, 11) is 1.64. The first-order valence-electron chi connectivity index (χ1n) is 6.66.